The Bertz CT molecular complexity index is 545. The molecule has 0 saturated carbocycles. The Morgan fingerprint density at radius 3 is 2.57 bits per heavy atom. The van der Waals surface area contributed by atoms with Gasteiger partial charge in [0.1, 0.15) is 0 Å². The van der Waals surface area contributed by atoms with Crippen molar-refractivity contribution >= 4 is 9.84 Å². The molecule has 0 radical (unpaired) electrons. The van der Waals surface area contributed by atoms with Crippen molar-refractivity contribution in [2.45, 2.75) is 50.4 Å². The first kappa shape index (κ1) is 16.5. The van der Waals surface area contributed by atoms with E-state index in [0.717, 1.165) is 19.4 Å². The van der Waals surface area contributed by atoms with E-state index < -0.39 is 15.4 Å². The van der Waals surface area contributed by atoms with Crippen LogP contribution in [0.5, 0.6) is 0 Å². The van der Waals surface area contributed by atoms with Crippen molar-refractivity contribution in [2.24, 2.45) is 5.92 Å². The molecule has 0 aromatic heterocycles. The summed E-state index contributed by atoms with van der Waals surface area (Å²) in [6.45, 7) is 6.49. The van der Waals surface area contributed by atoms with Crippen LogP contribution in [0, 0.1) is 5.92 Å². The third-order valence-electron chi connectivity index (χ3n) is 4.08. The summed E-state index contributed by atoms with van der Waals surface area (Å²) in [4.78, 5) is 0.366. The maximum Gasteiger partial charge on any atom is 0.178 e. The van der Waals surface area contributed by atoms with Crippen molar-refractivity contribution in [3.8, 4) is 0 Å². The second kappa shape index (κ2) is 6.46. The van der Waals surface area contributed by atoms with Gasteiger partial charge in [-0.25, -0.2) is 8.42 Å². The van der Waals surface area contributed by atoms with Gasteiger partial charge >= 0.3 is 0 Å². The minimum absolute atomic E-state index is 0.0662. The second-order valence-electron chi connectivity index (χ2n) is 6.16. The molecule has 1 aliphatic heterocycles. The first-order valence-corrected chi connectivity index (χ1v) is 9.04. The molecule has 0 N–H and O–H groups in total. The second-order valence-corrected chi connectivity index (χ2v) is 8.19. The molecule has 1 heterocycles. The highest BCUT2D eigenvalue weighted by Crippen LogP contribution is 2.29. The van der Waals surface area contributed by atoms with Crippen LogP contribution in [0.4, 0.5) is 0 Å². The normalized spacial score (nSPS) is 21.4. The van der Waals surface area contributed by atoms with E-state index in [1.165, 1.54) is 0 Å². The lowest BCUT2D eigenvalue weighted by atomic mass is 9.94. The van der Waals surface area contributed by atoms with Crippen molar-refractivity contribution in [3.05, 3.63) is 30.3 Å². The first-order valence-electron chi connectivity index (χ1n) is 7.38. The predicted octanol–water partition coefficient (Wildman–Crippen LogP) is 3.03. The summed E-state index contributed by atoms with van der Waals surface area (Å²) in [6, 6.07) is 8.57. The van der Waals surface area contributed by atoms with Crippen LogP contribution in [0.1, 0.15) is 33.6 Å². The minimum atomic E-state index is -3.30. The molecule has 118 valence electrons. The SMILES string of the molecule is C[C@H](CS(=O)(=O)c1ccccc1)C(C)(C)OC1CCCO1. The van der Waals surface area contributed by atoms with E-state index in [0.29, 0.717) is 4.90 Å². The summed E-state index contributed by atoms with van der Waals surface area (Å²) in [5.74, 6) is -0.0663. The van der Waals surface area contributed by atoms with Crippen molar-refractivity contribution in [1.29, 1.82) is 0 Å². The number of sulfone groups is 1. The Morgan fingerprint density at radius 2 is 2.00 bits per heavy atom. The zero-order chi connectivity index (χ0) is 15.5. The molecule has 5 heteroatoms. The van der Waals surface area contributed by atoms with Crippen molar-refractivity contribution in [3.63, 3.8) is 0 Å². The molecule has 2 rings (SSSR count). The van der Waals surface area contributed by atoms with Gasteiger partial charge in [0.25, 0.3) is 0 Å². The van der Waals surface area contributed by atoms with Crippen LogP contribution >= 0.6 is 0 Å². The molecule has 21 heavy (non-hydrogen) atoms. The molecule has 1 aromatic carbocycles. The van der Waals surface area contributed by atoms with Crippen LogP contribution in [0.3, 0.4) is 0 Å². The fourth-order valence-electron chi connectivity index (χ4n) is 2.35. The fraction of sp³-hybridized carbons (Fsp3) is 0.625. The quantitative estimate of drug-likeness (QED) is 0.810. The molecular weight excluding hydrogens is 288 g/mol. The molecule has 0 aliphatic carbocycles. The highest BCUT2D eigenvalue weighted by atomic mass is 32.2. The third kappa shape index (κ3) is 4.28. The largest absolute Gasteiger partial charge is 0.353 e. The van der Waals surface area contributed by atoms with Gasteiger partial charge in [0, 0.05) is 13.0 Å². The Balaban J connectivity index is 2.03. The Labute approximate surface area is 127 Å². The van der Waals surface area contributed by atoms with Gasteiger partial charge in [-0.1, -0.05) is 25.1 Å². The molecule has 2 atom stereocenters. The number of hydrogen-bond donors (Lipinski definition) is 0. The summed E-state index contributed by atoms with van der Waals surface area (Å²) in [5, 5.41) is 0. The average molecular weight is 312 g/mol. The van der Waals surface area contributed by atoms with Gasteiger partial charge in [-0.05, 0) is 38.3 Å². The van der Waals surface area contributed by atoms with Gasteiger partial charge in [-0.15, -0.1) is 0 Å². The van der Waals surface area contributed by atoms with Gasteiger partial charge in [0.15, 0.2) is 16.1 Å². The third-order valence-corrected chi connectivity index (χ3v) is 6.01. The molecule has 4 nitrogen and oxygen atoms in total. The van der Waals surface area contributed by atoms with E-state index in [2.05, 4.69) is 0 Å². The van der Waals surface area contributed by atoms with Crippen LogP contribution in [-0.2, 0) is 19.3 Å². The van der Waals surface area contributed by atoms with Gasteiger partial charge in [-0.3, -0.25) is 0 Å². The standard InChI is InChI=1S/C16H24O4S/c1-13(16(2,3)20-15-10-7-11-19-15)12-21(17,18)14-8-5-4-6-9-14/h4-6,8-9,13,15H,7,10-12H2,1-3H3/t13-,15?/m1/s1. The van der Waals surface area contributed by atoms with E-state index in [1.54, 1.807) is 24.3 Å². The van der Waals surface area contributed by atoms with E-state index in [1.807, 2.05) is 26.8 Å². The fourth-order valence-corrected chi connectivity index (χ4v) is 4.17. The monoisotopic (exact) mass is 312 g/mol. The summed E-state index contributed by atoms with van der Waals surface area (Å²) >= 11 is 0. The summed E-state index contributed by atoms with van der Waals surface area (Å²) in [5.41, 5.74) is -0.545. The van der Waals surface area contributed by atoms with E-state index in [-0.39, 0.29) is 18.0 Å². The molecule has 0 bridgehead atoms. The molecule has 0 spiro atoms. The smallest absolute Gasteiger partial charge is 0.178 e. The van der Waals surface area contributed by atoms with Crippen molar-refractivity contribution in [1.82, 2.24) is 0 Å². The Morgan fingerprint density at radius 1 is 1.33 bits per heavy atom. The molecule has 0 amide bonds. The maximum absolute atomic E-state index is 12.4. The van der Waals surface area contributed by atoms with Crippen LogP contribution in [0.2, 0.25) is 0 Å². The van der Waals surface area contributed by atoms with E-state index >= 15 is 0 Å². The van der Waals surface area contributed by atoms with E-state index in [9.17, 15) is 8.42 Å². The van der Waals surface area contributed by atoms with Gasteiger partial charge in [0.2, 0.25) is 0 Å². The van der Waals surface area contributed by atoms with Crippen molar-refractivity contribution in [2.75, 3.05) is 12.4 Å². The summed E-state index contributed by atoms with van der Waals surface area (Å²) in [6.07, 6.45) is 1.67. The predicted molar refractivity (Wildman–Crippen MR) is 81.8 cm³/mol. The van der Waals surface area contributed by atoms with Crippen LogP contribution in [-0.4, -0.2) is 32.7 Å². The van der Waals surface area contributed by atoms with Crippen LogP contribution < -0.4 is 0 Å². The van der Waals surface area contributed by atoms with Gasteiger partial charge < -0.3 is 9.47 Å². The molecule has 1 saturated heterocycles. The topological polar surface area (TPSA) is 52.6 Å². The summed E-state index contributed by atoms with van der Waals surface area (Å²) < 4.78 is 36.3. The number of hydrogen-bond acceptors (Lipinski definition) is 4. The minimum Gasteiger partial charge on any atom is -0.353 e. The summed E-state index contributed by atoms with van der Waals surface area (Å²) in [7, 11) is -3.30. The molecule has 1 aromatic rings. The zero-order valence-corrected chi connectivity index (χ0v) is 13.7. The maximum atomic E-state index is 12.4. The van der Waals surface area contributed by atoms with Gasteiger partial charge in [0.05, 0.1) is 16.2 Å². The highest BCUT2D eigenvalue weighted by Gasteiger charge is 2.34. The first-order chi connectivity index (χ1) is 9.81. The molecule has 1 fully saturated rings. The van der Waals surface area contributed by atoms with Crippen LogP contribution in [0.15, 0.2) is 35.2 Å². The zero-order valence-electron chi connectivity index (χ0n) is 12.9. The molecular formula is C16H24O4S. The lowest BCUT2D eigenvalue weighted by Crippen LogP contribution is -2.40. The number of rotatable bonds is 6. The lowest BCUT2D eigenvalue weighted by Gasteiger charge is -2.34. The van der Waals surface area contributed by atoms with Gasteiger partial charge in [-0.2, -0.15) is 0 Å². The molecule has 1 aliphatic rings. The number of benzene rings is 1. The van der Waals surface area contributed by atoms with E-state index in [4.69, 9.17) is 9.47 Å². The number of ether oxygens (including phenoxy) is 2. The Kier molecular flexibility index (Phi) is 5.07. The highest BCUT2D eigenvalue weighted by molar-refractivity contribution is 7.91. The molecule has 1 unspecified atom stereocenters. The average Bonchev–Trinajstić information content (AvgIpc) is 2.91. The lowest BCUT2D eigenvalue weighted by molar-refractivity contribution is -0.191. The van der Waals surface area contributed by atoms with Crippen LogP contribution in [0.25, 0.3) is 0 Å². The van der Waals surface area contributed by atoms with Crippen molar-refractivity contribution < 1.29 is 17.9 Å². The Hall–Kier alpha value is -0.910.